The van der Waals surface area contributed by atoms with Gasteiger partial charge in [-0.15, -0.1) is 0 Å². The number of aromatic nitrogens is 3. The summed E-state index contributed by atoms with van der Waals surface area (Å²) in [5.74, 6) is 0.0950. The fourth-order valence-electron chi connectivity index (χ4n) is 2.88. The molecule has 0 spiro atoms. The Morgan fingerprint density at radius 3 is 2.81 bits per heavy atom. The van der Waals surface area contributed by atoms with E-state index in [-0.39, 0.29) is 22.7 Å². The summed E-state index contributed by atoms with van der Waals surface area (Å²) in [6, 6.07) is 1.68. The molecule has 0 atom stereocenters. The molecule has 1 N–H and O–H groups in total. The van der Waals surface area contributed by atoms with Crippen molar-refractivity contribution in [3.05, 3.63) is 34.5 Å². The highest BCUT2D eigenvalue weighted by molar-refractivity contribution is 5.90. The van der Waals surface area contributed by atoms with Crippen LogP contribution in [0.3, 0.4) is 0 Å². The smallest absolute Gasteiger partial charge is 0.264 e. The first kappa shape index (κ1) is 18.0. The Morgan fingerprint density at radius 2 is 2.19 bits per heavy atom. The van der Waals surface area contributed by atoms with Crippen LogP contribution in [-0.2, 0) is 11.8 Å². The van der Waals surface area contributed by atoms with Gasteiger partial charge in [0.2, 0.25) is 5.91 Å². The van der Waals surface area contributed by atoms with Gasteiger partial charge in [0.15, 0.2) is 0 Å². The molecule has 2 aromatic rings. The third-order valence-electron chi connectivity index (χ3n) is 4.31. The van der Waals surface area contributed by atoms with Crippen molar-refractivity contribution in [2.45, 2.75) is 19.8 Å². The predicted octanol–water partition coefficient (Wildman–Crippen LogP) is 1.64. The number of carbonyl (C=O) groups excluding carboxylic acids is 1. The molecule has 0 saturated heterocycles. The molecule has 1 aliphatic heterocycles. The number of hydrogen-bond acceptors (Lipinski definition) is 5. The predicted molar refractivity (Wildman–Crippen MR) is 94.1 cm³/mol. The number of rotatable bonds is 4. The average Bonchev–Trinajstić information content (AvgIpc) is 2.62. The summed E-state index contributed by atoms with van der Waals surface area (Å²) in [6.07, 6.45) is 1.29. The zero-order chi connectivity index (χ0) is 18.8. The highest BCUT2D eigenvalue weighted by Gasteiger charge is 2.19. The minimum Gasteiger partial charge on any atom is -0.364 e. The molecule has 9 heteroatoms. The molecule has 1 amide bonds. The molecule has 0 unspecified atom stereocenters. The zero-order valence-electron chi connectivity index (χ0n) is 14.5. The summed E-state index contributed by atoms with van der Waals surface area (Å²) < 4.78 is 26.6. The van der Waals surface area contributed by atoms with E-state index in [1.165, 1.54) is 17.8 Å². The van der Waals surface area contributed by atoms with Crippen LogP contribution in [0, 0.1) is 0 Å². The number of anilines is 1. The second kappa shape index (κ2) is 7.19. The van der Waals surface area contributed by atoms with E-state index in [0.29, 0.717) is 30.7 Å². The summed E-state index contributed by atoms with van der Waals surface area (Å²) in [7, 11) is 1.54. The van der Waals surface area contributed by atoms with Crippen LogP contribution in [-0.4, -0.2) is 51.4 Å². The Labute approximate surface area is 148 Å². The molecule has 0 saturated carbocycles. The van der Waals surface area contributed by atoms with E-state index in [1.54, 1.807) is 18.0 Å². The van der Waals surface area contributed by atoms with Crippen LogP contribution in [0.25, 0.3) is 16.5 Å². The second-order valence-electron chi connectivity index (χ2n) is 6.13. The van der Waals surface area contributed by atoms with Crippen LogP contribution in [0.1, 0.15) is 19.0 Å². The molecule has 0 bridgehead atoms. The fraction of sp³-hybridized carbons (Fsp3) is 0.412. The largest absolute Gasteiger partial charge is 0.364 e. The molecule has 138 valence electrons. The van der Waals surface area contributed by atoms with Gasteiger partial charge < -0.3 is 14.8 Å². The van der Waals surface area contributed by atoms with Crippen LogP contribution in [0.5, 0.6) is 0 Å². The molecule has 1 aliphatic rings. The van der Waals surface area contributed by atoms with Gasteiger partial charge in [-0.3, -0.25) is 9.59 Å². The molecule has 0 aliphatic carbocycles. The summed E-state index contributed by atoms with van der Waals surface area (Å²) in [5, 5.41) is 2.74. The number of fused-ring (bicyclic) bond motifs is 1. The Bertz CT molecular complexity index is 939. The number of nitrogens with zero attached hydrogens (tertiary/aromatic N) is 4. The van der Waals surface area contributed by atoms with Crippen molar-refractivity contribution in [3.8, 4) is 0 Å². The van der Waals surface area contributed by atoms with Gasteiger partial charge >= 0.3 is 0 Å². The van der Waals surface area contributed by atoms with E-state index in [0.717, 1.165) is 5.57 Å². The molecule has 7 nitrogen and oxygen atoms in total. The van der Waals surface area contributed by atoms with E-state index < -0.39 is 13.0 Å². The third-order valence-corrected chi connectivity index (χ3v) is 4.31. The van der Waals surface area contributed by atoms with Crippen molar-refractivity contribution in [2.24, 2.45) is 7.05 Å². The highest BCUT2D eigenvalue weighted by atomic mass is 19.3. The SMILES string of the molecule is CC(=O)N1CC=C(c2cc3ncn(C)c(=O)c3c(NCC(F)F)n2)CC1. The lowest BCUT2D eigenvalue weighted by Gasteiger charge is -2.25. The standard InChI is InChI=1S/C17H19F2N5O2/c1-10(25)24-5-3-11(4-6-24)12-7-13-15(17(26)23(2)9-21-13)16(22-12)20-8-14(18)19/h3,7,9,14H,4-6,8H2,1-2H3,(H,20,22). The van der Waals surface area contributed by atoms with E-state index in [4.69, 9.17) is 0 Å². The van der Waals surface area contributed by atoms with Crippen molar-refractivity contribution >= 4 is 28.2 Å². The van der Waals surface area contributed by atoms with E-state index in [9.17, 15) is 18.4 Å². The molecule has 2 aromatic heterocycles. The van der Waals surface area contributed by atoms with Crippen molar-refractivity contribution in [1.29, 1.82) is 0 Å². The number of amides is 1. The van der Waals surface area contributed by atoms with Gasteiger partial charge in [-0.25, -0.2) is 18.7 Å². The topological polar surface area (TPSA) is 80.1 Å². The lowest BCUT2D eigenvalue weighted by molar-refractivity contribution is -0.128. The number of carbonyl (C=O) groups is 1. The van der Waals surface area contributed by atoms with Crippen LogP contribution >= 0.6 is 0 Å². The monoisotopic (exact) mass is 363 g/mol. The number of aryl methyl sites for hydroxylation is 1. The first-order chi connectivity index (χ1) is 12.4. The Morgan fingerprint density at radius 1 is 1.42 bits per heavy atom. The number of nitrogens with one attached hydrogen (secondary N) is 1. The number of hydrogen-bond donors (Lipinski definition) is 1. The maximum atomic E-state index is 12.6. The third kappa shape index (κ3) is 3.56. The molecular formula is C17H19F2N5O2. The zero-order valence-corrected chi connectivity index (χ0v) is 14.5. The first-order valence-corrected chi connectivity index (χ1v) is 8.20. The average molecular weight is 363 g/mol. The molecule has 26 heavy (non-hydrogen) atoms. The van der Waals surface area contributed by atoms with Gasteiger partial charge in [0.25, 0.3) is 12.0 Å². The Hall–Kier alpha value is -2.84. The Kier molecular flexibility index (Phi) is 4.97. The highest BCUT2D eigenvalue weighted by Crippen LogP contribution is 2.26. The van der Waals surface area contributed by atoms with Crippen LogP contribution in [0.2, 0.25) is 0 Å². The van der Waals surface area contributed by atoms with Crippen LogP contribution in [0.15, 0.2) is 23.3 Å². The van der Waals surface area contributed by atoms with Gasteiger partial charge in [-0.05, 0) is 18.1 Å². The summed E-state index contributed by atoms with van der Waals surface area (Å²) >= 11 is 0. The fourth-order valence-corrected chi connectivity index (χ4v) is 2.88. The number of pyridine rings is 1. The van der Waals surface area contributed by atoms with E-state index >= 15 is 0 Å². The van der Waals surface area contributed by atoms with Gasteiger partial charge in [0.05, 0.1) is 24.1 Å². The molecule has 0 fully saturated rings. The van der Waals surface area contributed by atoms with Gasteiger partial charge in [0, 0.05) is 27.1 Å². The first-order valence-electron chi connectivity index (χ1n) is 8.20. The molecule has 0 aromatic carbocycles. The lowest BCUT2D eigenvalue weighted by atomic mass is 10.0. The summed E-state index contributed by atoms with van der Waals surface area (Å²) in [6.45, 7) is 1.93. The minimum absolute atomic E-state index is 0.00350. The normalized spacial score (nSPS) is 14.7. The van der Waals surface area contributed by atoms with Crippen molar-refractivity contribution in [1.82, 2.24) is 19.4 Å². The van der Waals surface area contributed by atoms with Crippen molar-refractivity contribution < 1.29 is 13.6 Å². The van der Waals surface area contributed by atoms with E-state index in [1.807, 2.05) is 6.08 Å². The number of alkyl halides is 2. The molecular weight excluding hydrogens is 344 g/mol. The maximum Gasteiger partial charge on any atom is 0.264 e. The molecule has 0 radical (unpaired) electrons. The quantitative estimate of drug-likeness (QED) is 0.893. The Balaban J connectivity index is 2.06. The van der Waals surface area contributed by atoms with Gasteiger partial charge in [-0.1, -0.05) is 6.08 Å². The van der Waals surface area contributed by atoms with Gasteiger partial charge in [0.1, 0.15) is 11.2 Å². The molecule has 3 heterocycles. The lowest BCUT2D eigenvalue weighted by Crippen LogP contribution is -2.32. The maximum absolute atomic E-state index is 12.6. The van der Waals surface area contributed by atoms with E-state index in [2.05, 4.69) is 15.3 Å². The molecule has 3 rings (SSSR count). The minimum atomic E-state index is -2.57. The van der Waals surface area contributed by atoms with Crippen molar-refractivity contribution in [2.75, 3.05) is 25.0 Å². The van der Waals surface area contributed by atoms with Crippen molar-refractivity contribution in [3.63, 3.8) is 0 Å². The second-order valence-corrected chi connectivity index (χ2v) is 6.13. The van der Waals surface area contributed by atoms with Crippen LogP contribution < -0.4 is 10.9 Å². The summed E-state index contributed by atoms with van der Waals surface area (Å²) in [5.41, 5.74) is 1.50. The van der Waals surface area contributed by atoms with Crippen LogP contribution in [0.4, 0.5) is 14.6 Å². The number of halogens is 2. The summed E-state index contributed by atoms with van der Waals surface area (Å²) in [4.78, 5) is 34.2. The van der Waals surface area contributed by atoms with Gasteiger partial charge in [-0.2, -0.15) is 0 Å².